The van der Waals surface area contributed by atoms with Crippen LogP contribution >= 0.6 is 11.6 Å². The number of benzene rings is 1. The molecule has 0 saturated carbocycles. The molecule has 0 aliphatic heterocycles. The summed E-state index contributed by atoms with van der Waals surface area (Å²) in [5.41, 5.74) is -0.338. The molecule has 0 atom stereocenters. The topological polar surface area (TPSA) is 117 Å². The normalized spacial score (nSPS) is 11.1. The van der Waals surface area contributed by atoms with Gasteiger partial charge < -0.3 is 10.2 Å². The van der Waals surface area contributed by atoms with Crippen LogP contribution in [0.4, 0.5) is 5.69 Å². The molecule has 110 valence electrons. The van der Waals surface area contributed by atoms with Crippen LogP contribution in [-0.4, -0.2) is 29.6 Å². The maximum atomic E-state index is 12.1. The zero-order chi connectivity index (χ0) is 15.6. The lowest BCUT2D eigenvalue weighted by molar-refractivity contribution is 0.0694. The summed E-state index contributed by atoms with van der Waals surface area (Å²) in [6, 6.07) is 5.96. The molecule has 2 aromatic rings. The quantitative estimate of drug-likeness (QED) is 0.738. The van der Waals surface area contributed by atoms with Crippen LogP contribution in [0.3, 0.4) is 0 Å². The number of sulfonamides is 1. The van der Waals surface area contributed by atoms with Gasteiger partial charge in [0.15, 0.2) is 0 Å². The van der Waals surface area contributed by atoms with E-state index < -0.39 is 21.7 Å². The van der Waals surface area contributed by atoms with E-state index in [1.807, 2.05) is 0 Å². The Labute approximate surface area is 124 Å². The van der Waals surface area contributed by atoms with E-state index in [1.54, 1.807) is 0 Å². The second kappa shape index (κ2) is 5.58. The molecule has 0 aliphatic rings. The van der Waals surface area contributed by atoms with Crippen LogP contribution < -0.4 is 4.72 Å². The summed E-state index contributed by atoms with van der Waals surface area (Å²) in [6.45, 7) is 0. The number of carbonyl (C=O) groups is 1. The van der Waals surface area contributed by atoms with Crippen molar-refractivity contribution in [1.82, 2.24) is 4.98 Å². The van der Waals surface area contributed by atoms with E-state index in [0.29, 0.717) is 0 Å². The van der Waals surface area contributed by atoms with E-state index in [0.717, 1.165) is 12.1 Å². The SMILES string of the molecule is O=C(O)c1ccc(NS(=O)(=O)c2cccnc2Cl)cc1O. The molecule has 0 unspecified atom stereocenters. The van der Waals surface area contributed by atoms with Gasteiger partial charge in [0.05, 0.1) is 5.69 Å². The Kier molecular flexibility index (Phi) is 4.01. The number of aromatic hydroxyl groups is 1. The number of carboxylic acids is 1. The highest BCUT2D eigenvalue weighted by Gasteiger charge is 2.19. The van der Waals surface area contributed by atoms with Crippen LogP contribution in [0.25, 0.3) is 0 Å². The number of nitrogens with zero attached hydrogens (tertiary/aromatic N) is 1. The molecule has 21 heavy (non-hydrogen) atoms. The summed E-state index contributed by atoms with van der Waals surface area (Å²) in [6.07, 6.45) is 1.34. The van der Waals surface area contributed by atoms with Gasteiger partial charge in [0.1, 0.15) is 21.4 Å². The molecule has 0 fully saturated rings. The van der Waals surface area contributed by atoms with Crippen molar-refractivity contribution in [2.24, 2.45) is 0 Å². The Hall–Kier alpha value is -2.32. The van der Waals surface area contributed by atoms with Crippen molar-refractivity contribution < 1.29 is 23.4 Å². The predicted octanol–water partition coefficient (Wildman–Crippen LogP) is 1.94. The number of hydrogen-bond acceptors (Lipinski definition) is 5. The van der Waals surface area contributed by atoms with Gasteiger partial charge in [0, 0.05) is 12.3 Å². The Morgan fingerprint density at radius 2 is 2.00 bits per heavy atom. The van der Waals surface area contributed by atoms with Crippen LogP contribution in [0.15, 0.2) is 41.4 Å². The van der Waals surface area contributed by atoms with E-state index in [1.165, 1.54) is 24.4 Å². The van der Waals surface area contributed by atoms with Gasteiger partial charge in [-0.05, 0) is 24.3 Å². The number of hydrogen-bond donors (Lipinski definition) is 3. The first-order valence-corrected chi connectivity index (χ1v) is 7.37. The maximum Gasteiger partial charge on any atom is 0.339 e. The third kappa shape index (κ3) is 3.23. The minimum absolute atomic E-state index is 0.00239. The number of rotatable bonds is 4. The molecule has 2 rings (SSSR count). The smallest absolute Gasteiger partial charge is 0.339 e. The molecule has 1 aromatic carbocycles. The molecule has 1 aromatic heterocycles. The standard InChI is InChI=1S/C12H9ClN2O5S/c13-11-10(2-1-5-14-11)21(19,20)15-7-3-4-8(12(17)18)9(16)6-7/h1-6,15-16H,(H,17,18). The highest BCUT2D eigenvalue weighted by atomic mass is 35.5. The molecule has 0 amide bonds. The molecule has 0 saturated heterocycles. The van der Waals surface area contributed by atoms with Crippen molar-refractivity contribution in [3.63, 3.8) is 0 Å². The fourth-order valence-electron chi connectivity index (χ4n) is 1.56. The van der Waals surface area contributed by atoms with Crippen molar-refractivity contribution >= 4 is 33.3 Å². The van der Waals surface area contributed by atoms with Gasteiger partial charge in [-0.3, -0.25) is 4.72 Å². The first-order chi connectivity index (χ1) is 9.81. The molecular formula is C12H9ClN2O5S. The molecule has 3 N–H and O–H groups in total. The average Bonchev–Trinajstić information content (AvgIpc) is 2.38. The van der Waals surface area contributed by atoms with Crippen molar-refractivity contribution in [2.75, 3.05) is 4.72 Å². The summed E-state index contributed by atoms with van der Waals surface area (Å²) in [5.74, 6) is -1.88. The van der Waals surface area contributed by atoms with Crippen LogP contribution in [0.5, 0.6) is 5.75 Å². The number of nitrogens with one attached hydrogen (secondary N) is 1. The maximum absolute atomic E-state index is 12.1. The molecule has 1 heterocycles. The number of carboxylic acid groups (broad SMARTS) is 1. The monoisotopic (exact) mass is 328 g/mol. The number of halogens is 1. The molecule has 0 aliphatic carbocycles. The van der Waals surface area contributed by atoms with Crippen molar-refractivity contribution in [3.8, 4) is 5.75 Å². The molecule has 0 spiro atoms. The third-order valence-electron chi connectivity index (χ3n) is 2.49. The highest BCUT2D eigenvalue weighted by Crippen LogP contribution is 2.25. The zero-order valence-corrected chi connectivity index (χ0v) is 11.9. The lowest BCUT2D eigenvalue weighted by Crippen LogP contribution is -2.14. The summed E-state index contributed by atoms with van der Waals surface area (Å²) in [4.78, 5) is 14.2. The first-order valence-electron chi connectivity index (χ1n) is 5.51. The largest absolute Gasteiger partial charge is 0.507 e. The van der Waals surface area contributed by atoms with Gasteiger partial charge in [0.2, 0.25) is 0 Å². The van der Waals surface area contributed by atoms with Gasteiger partial charge in [-0.25, -0.2) is 18.2 Å². The van der Waals surface area contributed by atoms with E-state index in [4.69, 9.17) is 16.7 Å². The van der Waals surface area contributed by atoms with Crippen LogP contribution in [0, 0.1) is 0 Å². The highest BCUT2D eigenvalue weighted by molar-refractivity contribution is 7.92. The lowest BCUT2D eigenvalue weighted by Gasteiger charge is -2.09. The molecular weight excluding hydrogens is 320 g/mol. The van der Waals surface area contributed by atoms with Gasteiger partial charge in [-0.15, -0.1) is 0 Å². The molecule has 7 nitrogen and oxygen atoms in total. The summed E-state index contributed by atoms with van der Waals surface area (Å²) < 4.78 is 26.4. The van der Waals surface area contributed by atoms with Crippen molar-refractivity contribution in [3.05, 3.63) is 47.2 Å². The summed E-state index contributed by atoms with van der Waals surface area (Å²) in [5, 5.41) is 18.1. The summed E-state index contributed by atoms with van der Waals surface area (Å²) >= 11 is 5.72. The number of pyridine rings is 1. The third-order valence-corrected chi connectivity index (χ3v) is 4.32. The molecule has 0 bridgehead atoms. The lowest BCUT2D eigenvalue weighted by atomic mass is 10.2. The van der Waals surface area contributed by atoms with E-state index in [2.05, 4.69) is 9.71 Å². The number of anilines is 1. The van der Waals surface area contributed by atoms with Gasteiger partial charge in [-0.1, -0.05) is 11.6 Å². The van der Waals surface area contributed by atoms with Crippen molar-refractivity contribution in [1.29, 1.82) is 0 Å². The minimum atomic E-state index is -4.00. The van der Waals surface area contributed by atoms with Gasteiger partial charge >= 0.3 is 5.97 Å². The summed E-state index contributed by atoms with van der Waals surface area (Å²) in [7, 11) is -4.00. The predicted molar refractivity (Wildman–Crippen MR) is 75.1 cm³/mol. The minimum Gasteiger partial charge on any atom is -0.507 e. The molecule has 0 radical (unpaired) electrons. The Bertz CT molecular complexity index is 807. The van der Waals surface area contributed by atoms with Gasteiger partial charge in [0.25, 0.3) is 10.0 Å². The van der Waals surface area contributed by atoms with E-state index in [9.17, 15) is 18.3 Å². The van der Waals surface area contributed by atoms with Crippen LogP contribution in [0.1, 0.15) is 10.4 Å². The van der Waals surface area contributed by atoms with E-state index >= 15 is 0 Å². The van der Waals surface area contributed by atoms with Gasteiger partial charge in [-0.2, -0.15) is 0 Å². The number of aromatic carboxylic acids is 1. The zero-order valence-electron chi connectivity index (χ0n) is 10.3. The average molecular weight is 329 g/mol. The van der Waals surface area contributed by atoms with Crippen LogP contribution in [-0.2, 0) is 10.0 Å². The Morgan fingerprint density at radius 1 is 1.29 bits per heavy atom. The van der Waals surface area contributed by atoms with Crippen molar-refractivity contribution in [2.45, 2.75) is 4.90 Å². The Balaban J connectivity index is 2.36. The van der Waals surface area contributed by atoms with E-state index in [-0.39, 0.29) is 21.3 Å². The first kappa shape index (κ1) is 15.1. The number of aromatic nitrogens is 1. The second-order valence-corrected chi connectivity index (χ2v) is 5.94. The second-order valence-electron chi connectivity index (χ2n) is 3.93. The molecule has 9 heteroatoms. The fraction of sp³-hybridized carbons (Fsp3) is 0. The Morgan fingerprint density at radius 3 is 2.57 bits per heavy atom. The number of phenols is 1. The fourth-order valence-corrected chi connectivity index (χ4v) is 3.06. The van der Waals surface area contributed by atoms with Crippen LogP contribution in [0.2, 0.25) is 5.15 Å².